The fraction of sp³-hybridized carbons (Fsp3) is 0.667. The van der Waals surface area contributed by atoms with Crippen LogP contribution in [0.5, 0.6) is 0 Å². The summed E-state index contributed by atoms with van der Waals surface area (Å²) in [6.07, 6.45) is 6.59. The van der Waals surface area contributed by atoms with Gasteiger partial charge in [0.05, 0.1) is 6.20 Å². The van der Waals surface area contributed by atoms with Crippen molar-refractivity contribution >= 4 is 22.8 Å². The van der Waals surface area contributed by atoms with Crippen LogP contribution in [0.3, 0.4) is 0 Å². The lowest BCUT2D eigenvalue weighted by atomic mass is 9.75. The molecule has 0 aliphatic heterocycles. The highest BCUT2D eigenvalue weighted by atomic mass is 15.3. The van der Waals surface area contributed by atoms with Gasteiger partial charge in [0.1, 0.15) is 5.52 Å². The Balaban J connectivity index is 1.75. The third-order valence-electron chi connectivity index (χ3n) is 4.36. The fourth-order valence-electron chi connectivity index (χ4n) is 3.06. The number of anilines is 2. The largest absolute Gasteiger partial charge is 0.368 e. The predicted octanol–water partition coefficient (Wildman–Crippen LogP) is 1.61. The third kappa shape index (κ3) is 3.14. The molecule has 2 aromatic heterocycles. The van der Waals surface area contributed by atoms with E-state index < -0.39 is 0 Å². The van der Waals surface area contributed by atoms with Crippen molar-refractivity contribution in [3.05, 3.63) is 6.20 Å². The van der Waals surface area contributed by atoms with Gasteiger partial charge in [-0.25, -0.2) is 4.98 Å². The molecule has 1 aliphatic carbocycles. The zero-order chi connectivity index (χ0) is 15.5. The molecule has 3 rings (SSSR count). The normalized spacial score (nSPS) is 21.0. The average molecular weight is 303 g/mol. The molecule has 22 heavy (non-hydrogen) atoms. The minimum Gasteiger partial charge on any atom is -0.368 e. The topological polar surface area (TPSA) is 108 Å². The summed E-state index contributed by atoms with van der Waals surface area (Å²) < 4.78 is 1.97. The van der Waals surface area contributed by atoms with Crippen molar-refractivity contribution in [2.45, 2.75) is 39.2 Å². The van der Waals surface area contributed by atoms with E-state index in [2.05, 4.69) is 27.3 Å². The van der Waals surface area contributed by atoms with Crippen molar-refractivity contribution in [2.75, 3.05) is 24.1 Å². The van der Waals surface area contributed by atoms with Crippen molar-refractivity contribution in [1.82, 2.24) is 19.7 Å². The van der Waals surface area contributed by atoms with Gasteiger partial charge >= 0.3 is 0 Å². The molecule has 0 bridgehead atoms. The number of hydrogen-bond donors (Lipinski definition) is 3. The van der Waals surface area contributed by atoms with Gasteiger partial charge in [-0.05, 0) is 37.6 Å². The van der Waals surface area contributed by atoms with Crippen LogP contribution in [0.15, 0.2) is 6.20 Å². The summed E-state index contributed by atoms with van der Waals surface area (Å²) in [5.41, 5.74) is 13.1. The maximum atomic E-state index is 5.80. The molecule has 7 nitrogen and oxygen atoms in total. The quantitative estimate of drug-likeness (QED) is 0.671. The van der Waals surface area contributed by atoms with Crippen molar-refractivity contribution in [3.8, 4) is 0 Å². The van der Waals surface area contributed by atoms with Gasteiger partial charge in [-0.15, -0.1) is 0 Å². The summed E-state index contributed by atoms with van der Waals surface area (Å²) in [7, 11) is 0. The number of unbranched alkanes of at least 4 members (excludes halogenated alkanes) is 1. The van der Waals surface area contributed by atoms with E-state index in [-0.39, 0.29) is 5.95 Å². The Bertz CT molecular complexity index is 630. The lowest BCUT2D eigenvalue weighted by molar-refractivity contribution is 0.172. The summed E-state index contributed by atoms with van der Waals surface area (Å²) in [4.78, 5) is 8.58. The Morgan fingerprint density at radius 1 is 1.32 bits per heavy atom. The van der Waals surface area contributed by atoms with Crippen LogP contribution in [-0.2, 0) is 6.54 Å². The second kappa shape index (κ2) is 6.48. The number of nitrogens with zero attached hydrogens (tertiary/aromatic N) is 4. The van der Waals surface area contributed by atoms with Crippen LogP contribution >= 0.6 is 0 Å². The summed E-state index contributed by atoms with van der Waals surface area (Å²) in [6, 6.07) is 0. The number of rotatable bonds is 7. The first kappa shape index (κ1) is 15.0. The highest BCUT2D eigenvalue weighted by Gasteiger charge is 2.28. The number of fused-ring (bicyclic) bond motifs is 1. The van der Waals surface area contributed by atoms with Gasteiger partial charge in [0, 0.05) is 13.1 Å². The Labute approximate surface area is 130 Å². The van der Waals surface area contributed by atoms with Gasteiger partial charge in [-0.1, -0.05) is 13.3 Å². The highest BCUT2D eigenvalue weighted by molar-refractivity contribution is 5.85. The van der Waals surface area contributed by atoms with Gasteiger partial charge in [-0.2, -0.15) is 10.1 Å². The van der Waals surface area contributed by atoms with E-state index in [0.29, 0.717) is 11.8 Å². The van der Waals surface area contributed by atoms with Crippen LogP contribution < -0.4 is 16.8 Å². The van der Waals surface area contributed by atoms with Crippen LogP contribution in [0, 0.1) is 11.8 Å². The Morgan fingerprint density at radius 2 is 2.14 bits per heavy atom. The fourth-order valence-corrected chi connectivity index (χ4v) is 3.06. The molecule has 0 amide bonds. The average Bonchev–Trinajstić information content (AvgIpc) is 2.85. The number of aromatic nitrogens is 4. The summed E-state index contributed by atoms with van der Waals surface area (Å²) in [5.74, 6) is 2.39. The Hall–Kier alpha value is -1.89. The standard InChI is InChI=1S/C15H25N7/c1-2-3-4-18-14-13-12(19-15(17)20-14)9-22(21-13)8-11-5-10(6-11)7-16/h9-11H,2-8,16H2,1H3,(H3,17,18,19,20)/t10-,11-. The molecule has 0 radical (unpaired) electrons. The Morgan fingerprint density at radius 3 is 2.86 bits per heavy atom. The first-order valence-electron chi connectivity index (χ1n) is 8.14. The molecule has 120 valence electrons. The number of nitrogen functional groups attached to an aromatic ring is 1. The Kier molecular flexibility index (Phi) is 4.42. The van der Waals surface area contributed by atoms with E-state index in [1.165, 1.54) is 12.8 Å². The molecule has 0 saturated heterocycles. The molecule has 5 N–H and O–H groups in total. The molecule has 0 spiro atoms. The van der Waals surface area contributed by atoms with Crippen molar-refractivity contribution in [1.29, 1.82) is 0 Å². The van der Waals surface area contributed by atoms with Gasteiger partial charge in [-0.3, -0.25) is 4.68 Å². The first-order valence-corrected chi connectivity index (χ1v) is 8.14. The lowest BCUT2D eigenvalue weighted by Crippen LogP contribution is -2.32. The van der Waals surface area contributed by atoms with Crippen molar-refractivity contribution < 1.29 is 0 Å². The number of nitrogens with two attached hydrogens (primary N) is 2. The van der Waals surface area contributed by atoms with E-state index in [1.54, 1.807) is 0 Å². The molecule has 0 aromatic carbocycles. The molecule has 1 aliphatic rings. The van der Waals surface area contributed by atoms with Gasteiger partial charge in [0.25, 0.3) is 0 Å². The molecule has 7 heteroatoms. The molecule has 1 fully saturated rings. The smallest absolute Gasteiger partial charge is 0.222 e. The predicted molar refractivity (Wildman–Crippen MR) is 88.4 cm³/mol. The summed E-state index contributed by atoms with van der Waals surface area (Å²) >= 11 is 0. The van der Waals surface area contributed by atoms with Crippen LogP contribution in [-0.4, -0.2) is 32.8 Å². The molecule has 2 aromatic rings. The van der Waals surface area contributed by atoms with E-state index >= 15 is 0 Å². The van der Waals surface area contributed by atoms with E-state index in [0.717, 1.165) is 49.3 Å². The second-order valence-electron chi connectivity index (χ2n) is 6.23. The zero-order valence-corrected chi connectivity index (χ0v) is 13.1. The van der Waals surface area contributed by atoms with Crippen molar-refractivity contribution in [3.63, 3.8) is 0 Å². The van der Waals surface area contributed by atoms with E-state index in [4.69, 9.17) is 11.5 Å². The molecular weight excluding hydrogens is 278 g/mol. The van der Waals surface area contributed by atoms with Crippen LogP contribution in [0.4, 0.5) is 11.8 Å². The van der Waals surface area contributed by atoms with E-state index in [1.807, 2.05) is 10.9 Å². The maximum absolute atomic E-state index is 5.80. The first-order chi connectivity index (χ1) is 10.7. The minimum absolute atomic E-state index is 0.290. The second-order valence-corrected chi connectivity index (χ2v) is 6.23. The van der Waals surface area contributed by atoms with Gasteiger partial charge < -0.3 is 16.8 Å². The zero-order valence-electron chi connectivity index (χ0n) is 13.1. The van der Waals surface area contributed by atoms with Gasteiger partial charge in [0.15, 0.2) is 11.3 Å². The maximum Gasteiger partial charge on any atom is 0.222 e. The molecular formula is C15H25N7. The van der Waals surface area contributed by atoms with E-state index in [9.17, 15) is 0 Å². The monoisotopic (exact) mass is 303 g/mol. The third-order valence-corrected chi connectivity index (χ3v) is 4.36. The molecule has 0 unspecified atom stereocenters. The van der Waals surface area contributed by atoms with Crippen LogP contribution in [0.2, 0.25) is 0 Å². The number of hydrogen-bond acceptors (Lipinski definition) is 6. The van der Waals surface area contributed by atoms with Crippen molar-refractivity contribution in [2.24, 2.45) is 17.6 Å². The van der Waals surface area contributed by atoms with Crippen LogP contribution in [0.1, 0.15) is 32.6 Å². The number of nitrogens with one attached hydrogen (secondary N) is 1. The molecule has 1 saturated carbocycles. The summed E-state index contributed by atoms with van der Waals surface area (Å²) in [5, 5.41) is 7.96. The summed E-state index contributed by atoms with van der Waals surface area (Å²) in [6.45, 7) is 4.75. The minimum atomic E-state index is 0.290. The highest BCUT2D eigenvalue weighted by Crippen LogP contribution is 2.34. The SMILES string of the molecule is CCCCNc1nc(N)nc2cn(C[C@H]3C[C@H](CN)C3)nc12. The lowest BCUT2D eigenvalue weighted by Gasteiger charge is -2.34. The van der Waals surface area contributed by atoms with Crippen LogP contribution in [0.25, 0.3) is 11.0 Å². The molecule has 2 heterocycles. The molecule has 0 atom stereocenters. The van der Waals surface area contributed by atoms with Gasteiger partial charge in [0.2, 0.25) is 5.95 Å².